The fourth-order valence-electron chi connectivity index (χ4n) is 5.13. The summed E-state index contributed by atoms with van der Waals surface area (Å²) in [5.41, 5.74) is 2.82. The van der Waals surface area contributed by atoms with E-state index >= 15 is 0 Å². The number of likely N-dealkylation sites (tertiary alicyclic amines) is 1. The number of nitrogens with zero attached hydrogens (tertiary/aromatic N) is 1. The van der Waals surface area contributed by atoms with Gasteiger partial charge in [0.15, 0.2) is 6.61 Å². The number of hydrogen-bond donors (Lipinski definition) is 1. The summed E-state index contributed by atoms with van der Waals surface area (Å²) < 4.78 is 5.01. The third-order valence-electron chi connectivity index (χ3n) is 6.71. The molecule has 0 radical (unpaired) electrons. The Hall–Kier alpha value is -2.70. The summed E-state index contributed by atoms with van der Waals surface area (Å²) in [6.07, 6.45) is 2.94. The second-order valence-corrected chi connectivity index (χ2v) is 8.47. The minimum Gasteiger partial charge on any atom is -0.456 e. The number of rotatable bonds is 6. The number of hydrogen-bond acceptors (Lipinski definition) is 5. The van der Waals surface area contributed by atoms with Crippen LogP contribution in [0.1, 0.15) is 36.8 Å². The van der Waals surface area contributed by atoms with Crippen molar-refractivity contribution in [2.24, 2.45) is 23.7 Å². The molecule has 2 saturated carbocycles. The molecular formula is C22H26N2O5. The van der Waals surface area contributed by atoms with Gasteiger partial charge in [0, 0.05) is 12.2 Å². The van der Waals surface area contributed by atoms with E-state index in [4.69, 9.17) is 4.74 Å². The highest BCUT2D eigenvalue weighted by Crippen LogP contribution is 2.56. The number of nitrogens with one attached hydrogen (secondary N) is 1. The zero-order valence-corrected chi connectivity index (χ0v) is 16.8. The molecule has 4 rings (SSSR count). The van der Waals surface area contributed by atoms with Gasteiger partial charge in [0.25, 0.3) is 5.91 Å². The minimum atomic E-state index is -0.596. The maximum atomic E-state index is 12.6. The second kappa shape index (κ2) is 7.61. The summed E-state index contributed by atoms with van der Waals surface area (Å²) in [6, 6.07) is 5.54. The molecule has 2 bridgehead atoms. The number of ether oxygens (including phenoxy) is 1. The molecule has 154 valence electrons. The summed E-state index contributed by atoms with van der Waals surface area (Å²) in [7, 11) is 0. The molecule has 1 aromatic rings. The van der Waals surface area contributed by atoms with Gasteiger partial charge in [0.05, 0.1) is 18.3 Å². The van der Waals surface area contributed by atoms with Gasteiger partial charge in [0.1, 0.15) is 0 Å². The SMILES string of the molecule is Cc1ccc(NC(=O)COC(=O)CCN2C(=O)[C@@H]3[C@H]4CC[C@@H](C4)[C@@H]3C2=O)cc1C. The number of esters is 1. The van der Waals surface area contributed by atoms with Gasteiger partial charge in [-0.25, -0.2) is 0 Å². The number of fused-ring (bicyclic) bond motifs is 5. The molecule has 7 nitrogen and oxygen atoms in total. The monoisotopic (exact) mass is 398 g/mol. The first-order valence-corrected chi connectivity index (χ1v) is 10.2. The second-order valence-electron chi connectivity index (χ2n) is 8.47. The van der Waals surface area contributed by atoms with Crippen LogP contribution in [0.25, 0.3) is 0 Å². The lowest BCUT2D eigenvalue weighted by Gasteiger charge is -2.19. The molecule has 3 aliphatic rings. The van der Waals surface area contributed by atoms with Gasteiger partial charge in [0.2, 0.25) is 11.8 Å². The lowest BCUT2D eigenvalue weighted by Crippen LogP contribution is -2.35. The van der Waals surface area contributed by atoms with E-state index in [9.17, 15) is 19.2 Å². The first-order chi connectivity index (χ1) is 13.8. The highest BCUT2D eigenvalue weighted by Gasteiger charge is 2.60. The van der Waals surface area contributed by atoms with Crippen LogP contribution in [0.5, 0.6) is 0 Å². The van der Waals surface area contributed by atoms with E-state index in [1.807, 2.05) is 26.0 Å². The molecule has 0 aromatic heterocycles. The Kier molecular flexibility index (Phi) is 5.15. The minimum absolute atomic E-state index is 0.0295. The topological polar surface area (TPSA) is 92.8 Å². The Morgan fingerprint density at radius 3 is 2.34 bits per heavy atom. The first kappa shape index (κ1) is 19.6. The number of amides is 3. The van der Waals surface area contributed by atoms with Crippen molar-refractivity contribution in [1.29, 1.82) is 0 Å². The third kappa shape index (κ3) is 3.66. The zero-order valence-electron chi connectivity index (χ0n) is 16.8. The van der Waals surface area contributed by atoms with E-state index < -0.39 is 18.5 Å². The molecule has 7 heteroatoms. The summed E-state index contributed by atoms with van der Waals surface area (Å²) in [6.45, 7) is 3.56. The number of aryl methyl sites for hydroxylation is 2. The smallest absolute Gasteiger partial charge is 0.308 e. The number of anilines is 1. The number of benzene rings is 1. The summed E-state index contributed by atoms with van der Waals surface area (Å²) in [4.78, 5) is 50.4. The molecule has 1 aromatic carbocycles. The molecular weight excluding hydrogens is 372 g/mol. The summed E-state index contributed by atoms with van der Waals surface area (Å²) >= 11 is 0. The third-order valence-corrected chi connectivity index (χ3v) is 6.71. The van der Waals surface area contributed by atoms with Gasteiger partial charge in [-0.1, -0.05) is 6.07 Å². The largest absolute Gasteiger partial charge is 0.456 e. The lowest BCUT2D eigenvalue weighted by molar-refractivity contribution is -0.149. The Morgan fingerprint density at radius 1 is 1.07 bits per heavy atom. The van der Waals surface area contributed by atoms with Crippen molar-refractivity contribution in [3.05, 3.63) is 29.3 Å². The van der Waals surface area contributed by atoms with Gasteiger partial charge in [-0.3, -0.25) is 24.1 Å². The van der Waals surface area contributed by atoms with E-state index in [0.29, 0.717) is 17.5 Å². The maximum Gasteiger partial charge on any atom is 0.308 e. The van der Waals surface area contributed by atoms with Crippen LogP contribution in [0, 0.1) is 37.5 Å². The van der Waals surface area contributed by atoms with E-state index in [-0.39, 0.29) is 36.6 Å². The molecule has 0 unspecified atom stereocenters. The van der Waals surface area contributed by atoms with Crippen LogP contribution in [0.2, 0.25) is 0 Å². The van der Waals surface area contributed by atoms with E-state index in [2.05, 4.69) is 5.32 Å². The van der Waals surface area contributed by atoms with Crippen LogP contribution in [-0.4, -0.2) is 41.7 Å². The van der Waals surface area contributed by atoms with Gasteiger partial charge in [-0.05, 0) is 68.2 Å². The molecule has 0 spiro atoms. The van der Waals surface area contributed by atoms with Crippen LogP contribution in [-0.2, 0) is 23.9 Å². The Bertz CT molecular complexity index is 852. The van der Waals surface area contributed by atoms with Gasteiger partial charge < -0.3 is 10.1 Å². The standard InChI is InChI=1S/C22H26N2O5/c1-12-3-6-16(9-13(12)2)23-17(25)11-29-18(26)7-8-24-21(27)19-14-4-5-15(10-14)20(19)22(24)28/h3,6,9,14-15,19-20H,4-5,7-8,10-11H2,1-2H3,(H,23,25)/t14-,15-,19-,20+/m0/s1. The Labute approximate surface area is 169 Å². The van der Waals surface area contributed by atoms with Gasteiger partial charge >= 0.3 is 5.97 Å². The van der Waals surface area contributed by atoms with Crippen molar-refractivity contribution in [1.82, 2.24) is 4.90 Å². The van der Waals surface area contributed by atoms with Crippen LogP contribution in [0.4, 0.5) is 5.69 Å². The number of carbonyl (C=O) groups excluding carboxylic acids is 4. The summed E-state index contributed by atoms with van der Waals surface area (Å²) in [5.74, 6) is -0.996. The van der Waals surface area contributed by atoms with Crippen molar-refractivity contribution in [2.45, 2.75) is 39.5 Å². The van der Waals surface area contributed by atoms with Crippen molar-refractivity contribution in [3.8, 4) is 0 Å². The molecule has 3 fully saturated rings. The number of carbonyl (C=O) groups is 4. The average molecular weight is 398 g/mol. The molecule has 3 amide bonds. The molecule has 1 aliphatic heterocycles. The quantitative estimate of drug-likeness (QED) is 0.586. The van der Waals surface area contributed by atoms with Crippen LogP contribution in [0.3, 0.4) is 0 Å². The fourth-order valence-corrected chi connectivity index (χ4v) is 5.13. The van der Waals surface area contributed by atoms with Crippen LogP contribution >= 0.6 is 0 Å². The Morgan fingerprint density at radius 2 is 1.72 bits per heavy atom. The molecule has 29 heavy (non-hydrogen) atoms. The van der Waals surface area contributed by atoms with Gasteiger partial charge in [-0.15, -0.1) is 0 Å². The lowest BCUT2D eigenvalue weighted by atomic mass is 9.81. The maximum absolute atomic E-state index is 12.6. The Balaban J connectivity index is 1.23. The molecule has 1 saturated heterocycles. The van der Waals surface area contributed by atoms with E-state index in [1.165, 1.54) is 4.90 Å². The zero-order chi connectivity index (χ0) is 20.7. The first-order valence-electron chi connectivity index (χ1n) is 10.2. The van der Waals surface area contributed by atoms with E-state index in [0.717, 1.165) is 30.4 Å². The fraction of sp³-hybridized carbons (Fsp3) is 0.545. The van der Waals surface area contributed by atoms with Crippen molar-refractivity contribution in [2.75, 3.05) is 18.5 Å². The van der Waals surface area contributed by atoms with Crippen LogP contribution in [0.15, 0.2) is 18.2 Å². The highest BCUT2D eigenvalue weighted by molar-refractivity contribution is 6.06. The molecule has 2 aliphatic carbocycles. The number of imide groups is 1. The van der Waals surface area contributed by atoms with Gasteiger partial charge in [-0.2, -0.15) is 0 Å². The molecule has 1 heterocycles. The van der Waals surface area contributed by atoms with Crippen LogP contribution < -0.4 is 5.32 Å². The van der Waals surface area contributed by atoms with E-state index in [1.54, 1.807) is 6.07 Å². The molecule has 4 atom stereocenters. The van der Waals surface area contributed by atoms with Crippen molar-refractivity contribution >= 4 is 29.4 Å². The highest BCUT2D eigenvalue weighted by atomic mass is 16.5. The van der Waals surface area contributed by atoms with Crippen molar-refractivity contribution in [3.63, 3.8) is 0 Å². The normalized spacial score (nSPS) is 27.3. The predicted molar refractivity (Wildman–Crippen MR) is 105 cm³/mol. The summed E-state index contributed by atoms with van der Waals surface area (Å²) in [5, 5.41) is 2.69. The van der Waals surface area contributed by atoms with Crippen molar-refractivity contribution < 1.29 is 23.9 Å². The predicted octanol–water partition coefficient (Wildman–Crippen LogP) is 2.21. The molecule has 1 N–H and O–H groups in total. The average Bonchev–Trinajstić information content (AvgIpc) is 3.36.